The topological polar surface area (TPSA) is 41.6 Å². The molecule has 0 spiro atoms. The zero-order valence-electron chi connectivity index (χ0n) is 14.0. The Kier molecular flexibility index (Phi) is 5.70. The van der Waals surface area contributed by atoms with Gasteiger partial charge >= 0.3 is 0 Å². The molecule has 0 aliphatic heterocycles. The highest BCUT2D eigenvalue weighted by Gasteiger charge is 1.99. The first-order chi connectivity index (χ1) is 10.6. The van der Waals surface area contributed by atoms with Crippen molar-refractivity contribution in [2.24, 2.45) is 0 Å². The van der Waals surface area contributed by atoms with Gasteiger partial charge in [0.05, 0.1) is 11.0 Å². The van der Waals surface area contributed by atoms with Crippen LogP contribution in [-0.2, 0) is 12.8 Å². The fourth-order valence-electron chi connectivity index (χ4n) is 2.45. The van der Waals surface area contributed by atoms with Crippen LogP contribution in [0.3, 0.4) is 0 Å². The lowest BCUT2D eigenvalue weighted by Crippen LogP contribution is -1.83. The Balaban J connectivity index is 0.000000172. The normalized spacial score (nSPS) is 10.4. The van der Waals surface area contributed by atoms with Gasteiger partial charge < -0.3 is 4.98 Å². The minimum Gasteiger partial charge on any atom is -0.342 e. The number of nitrogens with one attached hydrogen (secondary N) is 1. The number of benzene rings is 1. The van der Waals surface area contributed by atoms with E-state index in [-0.39, 0.29) is 0 Å². The van der Waals surface area contributed by atoms with Crippen LogP contribution in [0.25, 0.3) is 11.0 Å². The summed E-state index contributed by atoms with van der Waals surface area (Å²) in [4.78, 5) is 11.7. The van der Waals surface area contributed by atoms with Gasteiger partial charge in [0.25, 0.3) is 0 Å². The average molecular weight is 295 g/mol. The second kappa shape index (κ2) is 7.74. The van der Waals surface area contributed by atoms with Crippen LogP contribution in [0.15, 0.2) is 36.5 Å². The number of hydrogen-bond acceptors (Lipinski definition) is 2. The lowest BCUT2D eigenvalue weighted by atomic mass is 10.1. The van der Waals surface area contributed by atoms with Crippen LogP contribution < -0.4 is 0 Å². The highest BCUT2D eigenvalue weighted by molar-refractivity contribution is 5.75. The molecular formula is C19H25N3. The van der Waals surface area contributed by atoms with Crippen LogP contribution in [-0.4, -0.2) is 15.0 Å². The molecular weight excluding hydrogens is 270 g/mol. The molecule has 0 unspecified atom stereocenters. The molecule has 1 aromatic carbocycles. The van der Waals surface area contributed by atoms with Gasteiger partial charge in [-0.15, -0.1) is 0 Å². The third-order valence-electron chi connectivity index (χ3n) is 3.57. The molecule has 0 saturated carbocycles. The van der Waals surface area contributed by atoms with Gasteiger partial charge in [-0.2, -0.15) is 0 Å². The van der Waals surface area contributed by atoms with E-state index in [0.29, 0.717) is 0 Å². The molecule has 3 nitrogen and oxygen atoms in total. The number of hydrogen-bond donors (Lipinski definition) is 1. The van der Waals surface area contributed by atoms with Gasteiger partial charge in [-0.1, -0.05) is 26.3 Å². The van der Waals surface area contributed by atoms with Gasteiger partial charge in [-0.25, -0.2) is 4.98 Å². The number of rotatable bonds is 3. The van der Waals surface area contributed by atoms with E-state index in [0.717, 1.165) is 35.4 Å². The van der Waals surface area contributed by atoms with Gasteiger partial charge in [0.1, 0.15) is 5.82 Å². The molecule has 3 heteroatoms. The van der Waals surface area contributed by atoms with Crippen LogP contribution in [0, 0.1) is 13.8 Å². The van der Waals surface area contributed by atoms with Crippen LogP contribution in [0.2, 0.25) is 0 Å². The molecule has 0 fully saturated rings. The Bertz CT molecular complexity index is 728. The molecule has 1 N–H and O–H groups in total. The van der Waals surface area contributed by atoms with E-state index in [4.69, 9.17) is 0 Å². The zero-order chi connectivity index (χ0) is 15.9. The summed E-state index contributed by atoms with van der Waals surface area (Å²) in [5, 5.41) is 0. The van der Waals surface area contributed by atoms with Gasteiger partial charge in [0, 0.05) is 11.9 Å². The van der Waals surface area contributed by atoms with Crippen molar-refractivity contribution in [3.63, 3.8) is 0 Å². The maximum atomic E-state index is 4.36. The maximum Gasteiger partial charge on any atom is 0.104 e. The predicted molar refractivity (Wildman–Crippen MR) is 93.2 cm³/mol. The summed E-state index contributed by atoms with van der Waals surface area (Å²) in [6.45, 7) is 8.34. The lowest BCUT2D eigenvalue weighted by molar-refractivity contribution is 0.923. The van der Waals surface area contributed by atoms with Crippen LogP contribution in [0.5, 0.6) is 0 Å². The molecule has 0 bridgehead atoms. The third-order valence-corrected chi connectivity index (χ3v) is 3.57. The summed E-state index contributed by atoms with van der Waals surface area (Å²) >= 11 is 0. The molecule has 3 aromatic rings. The number of pyridine rings is 1. The van der Waals surface area contributed by atoms with Crippen LogP contribution in [0.1, 0.15) is 42.9 Å². The van der Waals surface area contributed by atoms with E-state index in [1.54, 1.807) is 0 Å². The van der Waals surface area contributed by atoms with Crippen LogP contribution >= 0.6 is 0 Å². The molecule has 0 atom stereocenters. The van der Waals surface area contributed by atoms with E-state index in [2.05, 4.69) is 53.1 Å². The van der Waals surface area contributed by atoms with Crippen molar-refractivity contribution in [2.75, 3.05) is 0 Å². The molecule has 2 heterocycles. The van der Waals surface area contributed by atoms with Crippen molar-refractivity contribution in [1.82, 2.24) is 15.0 Å². The van der Waals surface area contributed by atoms with Gasteiger partial charge in [0.2, 0.25) is 0 Å². The molecule has 0 amide bonds. The maximum absolute atomic E-state index is 4.36. The smallest absolute Gasteiger partial charge is 0.104 e. The number of aromatic nitrogens is 3. The number of imidazole rings is 1. The van der Waals surface area contributed by atoms with Crippen molar-refractivity contribution >= 4 is 11.0 Å². The first kappa shape index (κ1) is 16.2. The van der Waals surface area contributed by atoms with Crippen molar-refractivity contribution < 1.29 is 0 Å². The molecule has 116 valence electrons. The first-order valence-electron chi connectivity index (χ1n) is 7.99. The van der Waals surface area contributed by atoms with Crippen molar-refractivity contribution in [3.8, 4) is 0 Å². The number of H-pyrrole nitrogens is 1. The Morgan fingerprint density at radius 3 is 2.45 bits per heavy atom. The van der Waals surface area contributed by atoms with E-state index in [9.17, 15) is 0 Å². The van der Waals surface area contributed by atoms with E-state index in [1.165, 1.54) is 17.5 Å². The fraction of sp³-hybridized carbons (Fsp3) is 0.368. The highest BCUT2D eigenvalue weighted by Crippen LogP contribution is 2.14. The summed E-state index contributed by atoms with van der Waals surface area (Å²) < 4.78 is 0. The van der Waals surface area contributed by atoms with Gasteiger partial charge in [-0.05, 0) is 62.1 Å². The second-order valence-electron chi connectivity index (χ2n) is 5.58. The molecule has 3 rings (SSSR count). The first-order valence-corrected chi connectivity index (χ1v) is 7.99. The average Bonchev–Trinajstić information content (AvgIpc) is 2.87. The quantitative estimate of drug-likeness (QED) is 0.755. The second-order valence-corrected chi connectivity index (χ2v) is 5.58. The van der Waals surface area contributed by atoms with Crippen LogP contribution in [0.4, 0.5) is 0 Å². The predicted octanol–water partition coefficient (Wildman–Crippen LogP) is 4.78. The minimum atomic E-state index is 0.989. The highest BCUT2D eigenvalue weighted by atomic mass is 14.9. The molecule has 22 heavy (non-hydrogen) atoms. The van der Waals surface area contributed by atoms with Crippen molar-refractivity contribution in [2.45, 2.75) is 47.0 Å². The Labute approximate surface area is 132 Å². The van der Waals surface area contributed by atoms with Gasteiger partial charge in [-0.3, -0.25) is 4.98 Å². The summed E-state index contributed by atoms with van der Waals surface area (Å²) in [6, 6.07) is 10.6. The molecule has 0 aliphatic carbocycles. The summed E-state index contributed by atoms with van der Waals surface area (Å²) in [5.41, 5.74) is 6.08. The number of fused-ring (bicyclic) bond motifs is 1. The summed E-state index contributed by atoms with van der Waals surface area (Å²) in [5.74, 6) is 0.989. The SMILES string of the molecule is CCCc1ccc2nc(C)[nH]c2c1.CCc1ccnc(C)c1. The van der Waals surface area contributed by atoms with Gasteiger partial charge in [0.15, 0.2) is 0 Å². The van der Waals surface area contributed by atoms with Crippen molar-refractivity contribution in [3.05, 3.63) is 59.2 Å². The molecule has 0 saturated heterocycles. The zero-order valence-corrected chi connectivity index (χ0v) is 14.0. The minimum absolute atomic E-state index is 0.989. The van der Waals surface area contributed by atoms with E-state index >= 15 is 0 Å². The number of nitrogens with zero attached hydrogens (tertiary/aromatic N) is 2. The molecule has 0 aliphatic rings. The monoisotopic (exact) mass is 295 g/mol. The summed E-state index contributed by atoms with van der Waals surface area (Å²) in [7, 11) is 0. The van der Waals surface area contributed by atoms with E-state index in [1.807, 2.05) is 26.1 Å². The number of aryl methyl sites for hydroxylation is 4. The Morgan fingerprint density at radius 1 is 1.00 bits per heavy atom. The largest absolute Gasteiger partial charge is 0.342 e. The number of aromatic amines is 1. The Morgan fingerprint density at radius 2 is 1.82 bits per heavy atom. The molecule has 0 radical (unpaired) electrons. The third kappa shape index (κ3) is 4.42. The fourth-order valence-corrected chi connectivity index (χ4v) is 2.45. The Hall–Kier alpha value is -2.16. The molecule has 2 aromatic heterocycles. The lowest BCUT2D eigenvalue weighted by Gasteiger charge is -1.96. The van der Waals surface area contributed by atoms with E-state index < -0.39 is 0 Å². The standard InChI is InChI=1S/C11H14N2.C8H11N/c1-3-4-9-5-6-10-11(7-9)13-8(2)12-10;1-3-8-4-5-9-7(2)6-8/h5-7H,3-4H2,1-2H3,(H,12,13);4-6H,3H2,1-2H3. The van der Waals surface area contributed by atoms with Crippen molar-refractivity contribution in [1.29, 1.82) is 0 Å². The summed E-state index contributed by atoms with van der Waals surface area (Å²) in [6.07, 6.45) is 5.30.